The van der Waals surface area contributed by atoms with Gasteiger partial charge in [-0.2, -0.15) is 0 Å². The Hall–Kier alpha value is -1.06. The number of hydrogen-bond donors (Lipinski definition) is 1. The van der Waals surface area contributed by atoms with Gasteiger partial charge in [0.1, 0.15) is 6.10 Å². The van der Waals surface area contributed by atoms with Crippen LogP contribution in [0.4, 0.5) is 0 Å². The minimum atomic E-state index is -0.800. The van der Waals surface area contributed by atoms with Crippen molar-refractivity contribution in [2.75, 3.05) is 0 Å². The monoisotopic (exact) mass is 370 g/mol. The van der Waals surface area contributed by atoms with E-state index in [1.807, 2.05) is 0 Å². The zero-order valence-corrected chi connectivity index (χ0v) is 17.3. The smallest absolute Gasteiger partial charge is 0.306 e. The molecule has 0 fully saturated rings. The molecule has 26 heavy (non-hydrogen) atoms. The van der Waals surface area contributed by atoms with Crippen LogP contribution in [0.5, 0.6) is 0 Å². The number of hydrogen-bond acceptors (Lipinski definition) is 3. The quantitative estimate of drug-likeness (QED) is 0.204. The van der Waals surface area contributed by atoms with E-state index in [0.29, 0.717) is 19.3 Å². The molecule has 0 saturated heterocycles. The molecule has 0 radical (unpaired) electrons. The molecule has 0 amide bonds. The first-order valence-electron chi connectivity index (χ1n) is 11.0. The van der Waals surface area contributed by atoms with E-state index >= 15 is 0 Å². The first kappa shape index (κ1) is 24.9. The van der Waals surface area contributed by atoms with Crippen LogP contribution < -0.4 is 0 Å². The topological polar surface area (TPSA) is 63.6 Å². The summed E-state index contributed by atoms with van der Waals surface area (Å²) in [7, 11) is 0. The van der Waals surface area contributed by atoms with Gasteiger partial charge in [0, 0.05) is 12.8 Å². The van der Waals surface area contributed by atoms with Crippen molar-refractivity contribution in [2.45, 2.75) is 129 Å². The second-order valence-corrected chi connectivity index (χ2v) is 7.47. The van der Waals surface area contributed by atoms with Crippen LogP contribution in [0.25, 0.3) is 0 Å². The lowest BCUT2D eigenvalue weighted by Gasteiger charge is -2.18. The van der Waals surface area contributed by atoms with E-state index in [0.717, 1.165) is 25.7 Å². The van der Waals surface area contributed by atoms with Gasteiger partial charge in [-0.05, 0) is 38.5 Å². The van der Waals surface area contributed by atoms with Crippen molar-refractivity contribution in [1.29, 1.82) is 0 Å². The molecule has 0 aliphatic heterocycles. The van der Waals surface area contributed by atoms with E-state index in [4.69, 9.17) is 9.84 Å². The minimum absolute atomic E-state index is 0.0507. The SMILES string of the molecule is CCCCCCCCC(CCCCCCC)OC(=O)CCCCC(=O)O. The van der Waals surface area contributed by atoms with Crippen LogP contribution in [0.2, 0.25) is 0 Å². The Morgan fingerprint density at radius 2 is 1.15 bits per heavy atom. The van der Waals surface area contributed by atoms with Gasteiger partial charge in [0.2, 0.25) is 0 Å². The average Bonchev–Trinajstić information content (AvgIpc) is 2.61. The molecule has 0 aliphatic rings. The lowest BCUT2D eigenvalue weighted by Crippen LogP contribution is -2.18. The molecule has 4 heteroatoms. The highest BCUT2D eigenvalue weighted by atomic mass is 16.5. The minimum Gasteiger partial charge on any atom is -0.481 e. The molecule has 154 valence electrons. The Kier molecular flexibility index (Phi) is 18.0. The third-order valence-corrected chi connectivity index (χ3v) is 4.83. The predicted octanol–water partition coefficient (Wildman–Crippen LogP) is 6.65. The van der Waals surface area contributed by atoms with Crippen LogP contribution in [0.1, 0.15) is 123 Å². The van der Waals surface area contributed by atoms with Crippen LogP contribution in [0.3, 0.4) is 0 Å². The fraction of sp³-hybridized carbons (Fsp3) is 0.909. The van der Waals surface area contributed by atoms with E-state index in [1.165, 1.54) is 57.8 Å². The van der Waals surface area contributed by atoms with E-state index < -0.39 is 5.97 Å². The van der Waals surface area contributed by atoms with E-state index in [2.05, 4.69) is 13.8 Å². The van der Waals surface area contributed by atoms with Crippen LogP contribution in [-0.4, -0.2) is 23.1 Å². The van der Waals surface area contributed by atoms with Gasteiger partial charge in [-0.25, -0.2) is 0 Å². The van der Waals surface area contributed by atoms with Gasteiger partial charge in [-0.15, -0.1) is 0 Å². The fourth-order valence-electron chi connectivity index (χ4n) is 3.18. The van der Waals surface area contributed by atoms with Crippen molar-refractivity contribution in [2.24, 2.45) is 0 Å². The molecule has 1 unspecified atom stereocenters. The summed E-state index contributed by atoms with van der Waals surface area (Å²) in [4.78, 5) is 22.5. The molecular weight excluding hydrogens is 328 g/mol. The van der Waals surface area contributed by atoms with Crippen LogP contribution in [-0.2, 0) is 14.3 Å². The zero-order chi connectivity index (χ0) is 19.5. The van der Waals surface area contributed by atoms with Crippen molar-refractivity contribution in [1.82, 2.24) is 0 Å². The Morgan fingerprint density at radius 1 is 0.692 bits per heavy atom. The van der Waals surface area contributed by atoms with Crippen LogP contribution in [0, 0.1) is 0 Å². The summed E-state index contributed by atoms with van der Waals surface area (Å²) >= 11 is 0. The maximum absolute atomic E-state index is 12.0. The van der Waals surface area contributed by atoms with Crippen molar-refractivity contribution >= 4 is 11.9 Å². The standard InChI is InChI=1S/C22H42O4/c1-3-5-7-9-11-13-17-20(16-12-10-8-6-4-2)26-22(25)19-15-14-18-21(23)24/h20H,3-19H2,1-2H3,(H,23,24). The molecule has 0 aromatic rings. The molecule has 0 bridgehead atoms. The Balaban J connectivity index is 4.03. The largest absolute Gasteiger partial charge is 0.481 e. The van der Waals surface area contributed by atoms with Crippen molar-refractivity contribution < 1.29 is 19.4 Å². The summed E-state index contributed by atoms with van der Waals surface area (Å²) in [5.74, 6) is -0.952. The molecule has 0 heterocycles. The van der Waals surface area contributed by atoms with E-state index in [1.54, 1.807) is 0 Å². The number of ether oxygens (including phenoxy) is 1. The molecule has 0 spiro atoms. The van der Waals surface area contributed by atoms with Gasteiger partial charge in [0.15, 0.2) is 0 Å². The Labute approximate surface area is 161 Å². The first-order valence-corrected chi connectivity index (χ1v) is 11.0. The molecule has 0 rings (SSSR count). The maximum atomic E-state index is 12.0. The summed E-state index contributed by atoms with van der Waals surface area (Å²) in [6.45, 7) is 4.44. The first-order chi connectivity index (χ1) is 12.6. The summed E-state index contributed by atoms with van der Waals surface area (Å²) in [6.07, 6.45) is 17.3. The molecule has 0 aromatic carbocycles. The van der Waals surface area contributed by atoms with Gasteiger partial charge in [0.05, 0.1) is 0 Å². The second-order valence-electron chi connectivity index (χ2n) is 7.47. The van der Waals surface area contributed by atoms with Crippen LogP contribution in [0.15, 0.2) is 0 Å². The number of esters is 1. The Morgan fingerprint density at radius 3 is 1.65 bits per heavy atom. The van der Waals surface area contributed by atoms with Gasteiger partial charge in [-0.1, -0.05) is 71.6 Å². The molecule has 0 saturated carbocycles. The number of unbranched alkanes of at least 4 members (excludes halogenated alkanes) is 10. The third kappa shape index (κ3) is 17.8. The van der Waals surface area contributed by atoms with Gasteiger partial charge < -0.3 is 9.84 Å². The van der Waals surface area contributed by atoms with E-state index in [9.17, 15) is 9.59 Å². The highest BCUT2D eigenvalue weighted by Gasteiger charge is 2.14. The number of carbonyl (C=O) groups excluding carboxylic acids is 1. The fourth-order valence-corrected chi connectivity index (χ4v) is 3.18. The predicted molar refractivity (Wildman–Crippen MR) is 107 cm³/mol. The maximum Gasteiger partial charge on any atom is 0.306 e. The summed E-state index contributed by atoms with van der Waals surface area (Å²) < 4.78 is 5.71. The number of rotatable bonds is 19. The lowest BCUT2D eigenvalue weighted by atomic mass is 10.0. The van der Waals surface area contributed by atoms with Gasteiger partial charge in [0.25, 0.3) is 0 Å². The molecule has 0 aliphatic carbocycles. The van der Waals surface area contributed by atoms with Gasteiger partial charge >= 0.3 is 11.9 Å². The highest BCUT2D eigenvalue weighted by molar-refractivity contribution is 5.70. The zero-order valence-electron chi connectivity index (χ0n) is 17.3. The Bertz CT molecular complexity index is 341. The summed E-state index contributed by atoms with van der Waals surface area (Å²) in [5, 5.41) is 8.64. The van der Waals surface area contributed by atoms with Crippen molar-refractivity contribution in [3.8, 4) is 0 Å². The summed E-state index contributed by atoms with van der Waals surface area (Å²) in [5.41, 5.74) is 0. The lowest BCUT2D eigenvalue weighted by molar-refractivity contribution is -0.150. The number of carboxylic acids is 1. The molecule has 0 aromatic heterocycles. The molecule has 1 atom stereocenters. The van der Waals surface area contributed by atoms with Crippen LogP contribution >= 0.6 is 0 Å². The van der Waals surface area contributed by atoms with E-state index in [-0.39, 0.29) is 18.5 Å². The number of carbonyl (C=O) groups is 2. The molecule has 4 nitrogen and oxygen atoms in total. The molecular formula is C22H42O4. The normalized spacial score (nSPS) is 12.1. The molecule has 1 N–H and O–H groups in total. The van der Waals surface area contributed by atoms with Crippen molar-refractivity contribution in [3.63, 3.8) is 0 Å². The second kappa shape index (κ2) is 18.7. The average molecular weight is 371 g/mol. The summed E-state index contributed by atoms with van der Waals surface area (Å²) in [6, 6.07) is 0. The highest BCUT2D eigenvalue weighted by Crippen LogP contribution is 2.17. The number of aliphatic carboxylic acids is 1. The number of carboxylic acid groups (broad SMARTS) is 1. The third-order valence-electron chi connectivity index (χ3n) is 4.83. The van der Waals surface area contributed by atoms with Gasteiger partial charge in [-0.3, -0.25) is 9.59 Å². The van der Waals surface area contributed by atoms with Crippen molar-refractivity contribution in [3.05, 3.63) is 0 Å².